The molecule has 11 heteroatoms. The second-order valence-electron chi connectivity index (χ2n) is 10.7. The van der Waals surface area contributed by atoms with Gasteiger partial charge >= 0.3 is 12.0 Å². The molecule has 1 aliphatic heterocycles. The third-order valence-corrected chi connectivity index (χ3v) is 7.44. The first-order chi connectivity index (χ1) is 20.2. The largest absolute Gasteiger partial charge is 0.480 e. The van der Waals surface area contributed by atoms with Crippen LogP contribution in [-0.4, -0.2) is 65.5 Å². The van der Waals surface area contributed by atoms with E-state index < -0.39 is 48.0 Å². The Hall–Kier alpha value is -4.41. The van der Waals surface area contributed by atoms with Gasteiger partial charge in [0.05, 0.1) is 0 Å². The number of hydrogen-bond acceptors (Lipinski definition) is 5. The Morgan fingerprint density at radius 2 is 1.55 bits per heavy atom. The molecule has 2 aromatic carbocycles. The molecule has 0 spiro atoms. The molecule has 0 unspecified atom stereocenters. The third-order valence-electron chi connectivity index (χ3n) is 7.44. The molecular weight excluding hydrogens is 538 g/mol. The Balaban J connectivity index is 1.75. The number of benzene rings is 2. The molecule has 226 valence electrons. The van der Waals surface area contributed by atoms with Gasteiger partial charge in [-0.25, -0.2) is 9.59 Å². The van der Waals surface area contributed by atoms with Gasteiger partial charge in [-0.2, -0.15) is 0 Å². The number of nitrogens with one attached hydrogen (secondary N) is 5. The number of carbonyl (C=O) groups is 5. The highest BCUT2D eigenvalue weighted by molar-refractivity contribution is 5.94. The number of rotatable bonds is 9. The van der Waals surface area contributed by atoms with E-state index in [0.717, 1.165) is 11.1 Å². The lowest BCUT2D eigenvalue weighted by Gasteiger charge is -2.28. The van der Waals surface area contributed by atoms with Crippen molar-refractivity contribution in [2.24, 2.45) is 5.92 Å². The van der Waals surface area contributed by atoms with E-state index >= 15 is 0 Å². The Kier molecular flexibility index (Phi) is 12.3. The van der Waals surface area contributed by atoms with Gasteiger partial charge in [-0.3, -0.25) is 14.4 Å². The molecule has 1 saturated heterocycles. The molecule has 1 aliphatic rings. The Bertz CT molecular complexity index is 1210. The van der Waals surface area contributed by atoms with E-state index in [-0.39, 0.29) is 31.1 Å². The minimum absolute atomic E-state index is 0.0700. The van der Waals surface area contributed by atoms with Gasteiger partial charge in [-0.15, -0.1) is 0 Å². The fraction of sp³-hybridized carbons (Fsp3) is 0.452. The van der Waals surface area contributed by atoms with Crippen LogP contribution in [0, 0.1) is 5.92 Å². The molecule has 2 aromatic rings. The standard InChI is InChI=1S/C31H41N5O6/c1-3-20(2)26-29(39)33-24(18-21-12-6-4-7-13-21)27(37)32-17-11-10-16-23(28(38)36-26)34-31(42)35-25(30(40)41)19-22-14-8-5-9-15-22/h4-9,12-15,20,23-26H,3,10-11,16-19H2,1-2H3,(H,32,37)(H,33,39)(H,36,38)(H,40,41)(H2,34,35,42)/t20-,23-,24+,25+,26+/m1/s1. The first-order valence-electron chi connectivity index (χ1n) is 14.4. The predicted octanol–water partition coefficient (Wildman–Crippen LogP) is 1.91. The van der Waals surface area contributed by atoms with E-state index in [1.807, 2.05) is 50.2 Å². The van der Waals surface area contributed by atoms with Crippen LogP contribution in [0.3, 0.4) is 0 Å². The minimum atomic E-state index is -1.21. The molecular formula is C31H41N5O6. The fourth-order valence-corrected chi connectivity index (χ4v) is 4.76. The zero-order valence-electron chi connectivity index (χ0n) is 24.1. The van der Waals surface area contributed by atoms with Crippen LogP contribution in [0.2, 0.25) is 0 Å². The predicted molar refractivity (Wildman–Crippen MR) is 157 cm³/mol. The lowest BCUT2D eigenvalue weighted by Crippen LogP contribution is -2.59. The normalized spacial score (nSPS) is 21.6. The average Bonchev–Trinajstić information content (AvgIpc) is 2.99. The van der Waals surface area contributed by atoms with E-state index in [2.05, 4.69) is 26.6 Å². The number of urea groups is 1. The smallest absolute Gasteiger partial charge is 0.326 e. The summed E-state index contributed by atoms with van der Waals surface area (Å²) in [6.07, 6.45) is 2.19. The van der Waals surface area contributed by atoms with Gasteiger partial charge in [-0.05, 0) is 36.3 Å². The number of amides is 5. The zero-order chi connectivity index (χ0) is 30.5. The quantitative estimate of drug-likeness (QED) is 0.266. The van der Waals surface area contributed by atoms with Gasteiger partial charge in [0.15, 0.2) is 0 Å². The van der Waals surface area contributed by atoms with Crippen molar-refractivity contribution in [3.8, 4) is 0 Å². The number of hydrogen-bond donors (Lipinski definition) is 6. The second-order valence-corrected chi connectivity index (χ2v) is 10.7. The van der Waals surface area contributed by atoms with Crippen LogP contribution in [0.25, 0.3) is 0 Å². The van der Waals surface area contributed by atoms with Crippen molar-refractivity contribution in [2.75, 3.05) is 6.54 Å². The summed E-state index contributed by atoms with van der Waals surface area (Å²) in [6, 6.07) is 13.4. The molecule has 0 bridgehead atoms. The zero-order valence-corrected chi connectivity index (χ0v) is 24.1. The highest BCUT2D eigenvalue weighted by Gasteiger charge is 2.33. The van der Waals surface area contributed by atoms with Gasteiger partial charge in [0.2, 0.25) is 17.7 Å². The van der Waals surface area contributed by atoms with Crippen molar-refractivity contribution in [1.82, 2.24) is 26.6 Å². The maximum Gasteiger partial charge on any atom is 0.326 e. The van der Waals surface area contributed by atoms with Gasteiger partial charge < -0.3 is 31.7 Å². The van der Waals surface area contributed by atoms with Gasteiger partial charge in [-0.1, -0.05) is 80.9 Å². The summed E-state index contributed by atoms with van der Waals surface area (Å²) in [5, 5.41) is 23.2. The van der Waals surface area contributed by atoms with Crippen LogP contribution in [0.1, 0.15) is 50.7 Å². The first-order valence-corrected chi connectivity index (χ1v) is 14.4. The van der Waals surface area contributed by atoms with Crippen LogP contribution in [-0.2, 0) is 32.0 Å². The maximum absolute atomic E-state index is 13.5. The third kappa shape index (κ3) is 9.90. The lowest BCUT2D eigenvalue weighted by atomic mass is 9.96. The van der Waals surface area contributed by atoms with E-state index in [9.17, 15) is 29.1 Å². The summed E-state index contributed by atoms with van der Waals surface area (Å²) >= 11 is 0. The summed E-state index contributed by atoms with van der Waals surface area (Å²) in [4.78, 5) is 64.7. The van der Waals surface area contributed by atoms with Crippen molar-refractivity contribution in [2.45, 2.75) is 76.5 Å². The number of aliphatic carboxylic acids is 1. The maximum atomic E-state index is 13.5. The molecule has 1 fully saturated rings. The highest BCUT2D eigenvalue weighted by Crippen LogP contribution is 2.12. The Labute approximate surface area is 246 Å². The number of carbonyl (C=O) groups excluding carboxylic acids is 4. The van der Waals surface area contributed by atoms with Crippen molar-refractivity contribution >= 4 is 29.7 Å². The summed E-state index contributed by atoms with van der Waals surface area (Å²) in [7, 11) is 0. The van der Waals surface area contributed by atoms with Gasteiger partial charge in [0.1, 0.15) is 24.2 Å². The SMILES string of the molecule is CC[C@@H](C)[C@@H]1NC(=O)[C@H](NC(=O)N[C@@H](Cc2ccccc2)C(=O)O)CCCCNC(=O)[C@H](Cc2ccccc2)NC1=O. The Morgan fingerprint density at radius 1 is 0.905 bits per heavy atom. The molecule has 0 aliphatic carbocycles. The van der Waals surface area contributed by atoms with Gasteiger partial charge in [0, 0.05) is 19.4 Å². The van der Waals surface area contributed by atoms with E-state index in [0.29, 0.717) is 25.8 Å². The van der Waals surface area contributed by atoms with Crippen molar-refractivity contribution in [1.29, 1.82) is 0 Å². The number of carboxylic acids is 1. The summed E-state index contributed by atoms with van der Waals surface area (Å²) in [5.74, 6) is -2.84. The van der Waals surface area contributed by atoms with Gasteiger partial charge in [0.25, 0.3) is 0 Å². The van der Waals surface area contributed by atoms with Crippen LogP contribution < -0.4 is 26.6 Å². The first kappa shape index (κ1) is 32.1. The van der Waals surface area contributed by atoms with E-state index in [1.54, 1.807) is 24.3 Å². The monoisotopic (exact) mass is 579 g/mol. The number of carboxylic acid groups (broad SMARTS) is 1. The second kappa shape index (κ2) is 16.1. The van der Waals surface area contributed by atoms with E-state index in [1.165, 1.54) is 0 Å². The molecule has 0 aromatic heterocycles. The minimum Gasteiger partial charge on any atom is -0.480 e. The average molecular weight is 580 g/mol. The molecule has 11 nitrogen and oxygen atoms in total. The van der Waals surface area contributed by atoms with E-state index in [4.69, 9.17) is 0 Å². The molecule has 3 rings (SSSR count). The molecule has 0 radical (unpaired) electrons. The molecule has 5 amide bonds. The summed E-state index contributed by atoms with van der Waals surface area (Å²) in [5.41, 5.74) is 1.62. The molecule has 42 heavy (non-hydrogen) atoms. The van der Waals surface area contributed by atoms with Crippen LogP contribution in [0.5, 0.6) is 0 Å². The highest BCUT2D eigenvalue weighted by atomic mass is 16.4. The van der Waals surface area contributed by atoms with Crippen molar-refractivity contribution in [3.63, 3.8) is 0 Å². The summed E-state index contributed by atoms with van der Waals surface area (Å²) < 4.78 is 0. The fourth-order valence-electron chi connectivity index (χ4n) is 4.76. The molecule has 6 N–H and O–H groups in total. The van der Waals surface area contributed by atoms with Crippen LogP contribution >= 0.6 is 0 Å². The lowest BCUT2D eigenvalue weighted by molar-refractivity contribution is -0.139. The molecule has 5 atom stereocenters. The van der Waals surface area contributed by atoms with Crippen molar-refractivity contribution in [3.05, 3.63) is 71.8 Å². The van der Waals surface area contributed by atoms with Crippen LogP contribution in [0.4, 0.5) is 4.79 Å². The molecule has 1 heterocycles. The van der Waals surface area contributed by atoms with Crippen molar-refractivity contribution < 1.29 is 29.1 Å². The Morgan fingerprint density at radius 3 is 2.17 bits per heavy atom. The van der Waals surface area contributed by atoms with Crippen LogP contribution in [0.15, 0.2) is 60.7 Å². The summed E-state index contributed by atoms with van der Waals surface area (Å²) in [6.45, 7) is 4.04. The topological polar surface area (TPSA) is 166 Å². The molecule has 0 saturated carbocycles.